The maximum absolute atomic E-state index is 12.9. The summed E-state index contributed by atoms with van der Waals surface area (Å²) in [6, 6.07) is 2.08. The summed E-state index contributed by atoms with van der Waals surface area (Å²) < 4.78 is 11.0. The standard InChI is InChI=1S/C17H25N3O3/c1-3-19-9-12-14(10-19)20(7-6-15(12)22-2)17(21)13-8-16(23-18-13)11-4-5-11/h8,11-12,14-15H,3-7,9-10H2,1-2H3/t12-,14+,15-/m0/s1. The Morgan fingerprint density at radius 3 is 2.91 bits per heavy atom. The zero-order chi connectivity index (χ0) is 16.0. The van der Waals surface area contributed by atoms with Crippen molar-refractivity contribution in [1.29, 1.82) is 0 Å². The largest absolute Gasteiger partial charge is 0.381 e. The predicted octanol–water partition coefficient (Wildman–Crippen LogP) is 1.73. The molecule has 3 heterocycles. The molecule has 0 unspecified atom stereocenters. The molecule has 3 atom stereocenters. The molecular formula is C17H25N3O3. The Bertz CT molecular complexity index is 583. The summed E-state index contributed by atoms with van der Waals surface area (Å²) in [5, 5.41) is 4.03. The van der Waals surface area contributed by atoms with Crippen molar-refractivity contribution in [3.8, 4) is 0 Å². The molecule has 6 nitrogen and oxygen atoms in total. The van der Waals surface area contributed by atoms with Crippen molar-refractivity contribution in [2.24, 2.45) is 5.92 Å². The summed E-state index contributed by atoms with van der Waals surface area (Å²) in [6.45, 7) is 5.86. The topological polar surface area (TPSA) is 58.8 Å². The highest BCUT2D eigenvalue weighted by molar-refractivity contribution is 5.92. The van der Waals surface area contributed by atoms with E-state index in [-0.39, 0.29) is 18.1 Å². The van der Waals surface area contributed by atoms with E-state index in [1.165, 1.54) is 0 Å². The number of rotatable bonds is 4. The molecule has 2 saturated heterocycles. The van der Waals surface area contributed by atoms with Gasteiger partial charge in [-0.05, 0) is 25.8 Å². The number of carbonyl (C=O) groups is 1. The number of piperidine rings is 1. The van der Waals surface area contributed by atoms with E-state index in [0.29, 0.717) is 17.5 Å². The molecule has 0 bridgehead atoms. The molecule has 2 aliphatic heterocycles. The number of methoxy groups -OCH3 is 1. The third-order valence-corrected chi connectivity index (χ3v) is 5.68. The lowest BCUT2D eigenvalue weighted by Gasteiger charge is -2.40. The molecule has 3 aliphatic rings. The van der Waals surface area contributed by atoms with Crippen LogP contribution in [0.2, 0.25) is 0 Å². The Balaban J connectivity index is 1.53. The second-order valence-corrected chi connectivity index (χ2v) is 7.03. The molecule has 23 heavy (non-hydrogen) atoms. The third kappa shape index (κ3) is 2.68. The number of likely N-dealkylation sites (tertiary alicyclic amines) is 2. The van der Waals surface area contributed by atoms with Crippen LogP contribution in [0.1, 0.15) is 48.4 Å². The Morgan fingerprint density at radius 2 is 2.22 bits per heavy atom. The van der Waals surface area contributed by atoms with E-state index in [2.05, 4.69) is 17.0 Å². The normalized spacial score (nSPS) is 31.4. The van der Waals surface area contributed by atoms with E-state index in [1.807, 2.05) is 11.0 Å². The summed E-state index contributed by atoms with van der Waals surface area (Å²) in [6.07, 6.45) is 3.45. The van der Waals surface area contributed by atoms with E-state index in [4.69, 9.17) is 9.26 Å². The van der Waals surface area contributed by atoms with Gasteiger partial charge in [0.25, 0.3) is 5.91 Å². The lowest BCUT2D eigenvalue weighted by molar-refractivity contribution is -0.0159. The Kier molecular flexibility index (Phi) is 3.89. The molecular weight excluding hydrogens is 294 g/mol. The van der Waals surface area contributed by atoms with Crippen LogP contribution >= 0.6 is 0 Å². The van der Waals surface area contributed by atoms with Crippen LogP contribution in [0.25, 0.3) is 0 Å². The highest BCUT2D eigenvalue weighted by Gasteiger charge is 2.46. The zero-order valence-electron chi connectivity index (χ0n) is 13.9. The molecule has 126 valence electrons. The molecule has 1 amide bonds. The van der Waals surface area contributed by atoms with Crippen molar-refractivity contribution in [3.05, 3.63) is 17.5 Å². The number of aromatic nitrogens is 1. The van der Waals surface area contributed by atoms with E-state index in [0.717, 1.165) is 51.2 Å². The summed E-state index contributed by atoms with van der Waals surface area (Å²) in [7, 11) is 1.79. The van der Waals surface area contributed by atoms with Crippen LogP contribution in [0.3, 0.4) is 0 Å². The molecule has 6 heteroatoms. The van der Waals surface area contributed by atoms with E-state index >= 15 is 0 Å². The fourth-order valence-electron chi connectivity index (χ4n) is 4.14. The van der Waals surface area contributed by atoms with Gasteiger partial charge in [-0.3, -0.25) is 4.79 Å². The Labute approximate surface area is 136 Å². The second-order valence-electron chi connectivity index (χ2n) is 7.03. The smallest absolute Gasteiger partial charge is 0.276 e. The van der Waals surface area contributed by atoms with E-state index < -0.39 is 0 Å². The van der Waals surface area contributed by atoms with Crippen molar-refractivity contribution in [1.82, 2.24) is 15.0 Å². The van der Waals surface area contributed by atoms with Crippen molar-refractivity contribution in [2.45, 2.75) is 44.2 Å². The maximum atomic E-state index is 12.9. The molecule has 0 aromatic carbocycles. The van der Waals surface area contributed by atoms with Gasteiger partial charge in [0, 0.05) is 44.6 Å². The minimum atomic E-state index is 0.0168. The molecule has 1 aromatic heterocycles. The molecule has 0 N–H and O–H groups in total. The van der Waals surface area contributed by atoms with Crippen LogP contribution < -0.4 is 0 Å². The van der Waals surface area contributed by atoms with Crippen molar-refractivity contribution >= 4 is 5.91 Å². The first-order chi connectivity index (χ1) is 11.2. The first-order valence-corrected chi connectivity index (χ1v) is 8.74. The molecule has 4 rings (SSSR count). The lowest BCUT2D eigenvalue weighted by Crippen LogP contribution is -2.53. The van der Waals surface area contributed by atoms with Gasteiger partial charge in [0.15, 0.2) is 5.69 Å². The summed E-state index contributed by atoms with van der Waals surface area (Å²) in [4.78, 5) is 17.3. The van der Waals surface area contributed by atoms with Gasteiger partial charge in [0.1, 0.15) is 5.76 Å². The third-order valence-electron chi connectivity index (χ3n) is 5.68. The van der Waals surface area contributed by atoms with Gasteiger partial charge in [0.05, 0.1) is 12.1 Å². The summed E-state index contributed by atoms with van der Waals surface area (Å²) in [5.74, 6) is 1.77. The molecule has 0 spiro atoms. The van der Waals surface area contributed by atoms with Gasteiger partial charge in [0.2, 0.25) is 0 Å². The lowest BCUT2D eigenvalue weighted by atomic mass is 9.88. The molecule has 1 aromatic rings. The number of hydrogen-bond donors (Lipinski definition) is 0. The number of fused-ring (bicyclic) bond motifs is 1. The van der Waals surface area contributed by atoms with Crippen LogP contribution in [-0.2, 0) is 4.74 Å². The first-order valence-electron chi connectivity index (χ1n) is 8.74. The minimum Gasteiger partial charge on any atom is -0.381 e. The average molecular weight is 319 g/mol. The minimum absolute atomic E-state index is 0.0168. The fourth-order valence-corrected chi connectivity index (χ4v) is 4.14. The molecule has 1 aliphatic carbocycles. The highest BCUT2D eigenvalue weighted by Crippen LogP contribution is 2.40. The van der Waals surface area contributed by atoms with Gasteiger partial charge in [-0.1, -0.05) is 12.1 Å². The summed E-state index contributed by atoms with van der Waals surface area (Å²) in [5.41, 5.74) is 0.469. The van der Waals surface area contributed by atoms with Crippen LogP contribution in [0, 0.1) is 5.92 Å². The van der Waals surface area contributed by atoms with Crippen LogP contribution in [-0.4, -0.2) is 66.3 Å². The van der Waals surface area contributed by atoms with Crippen LogP contribution in [0.15, 0.2) is 10.6 Å². The fraction of sp³-hybridized carbons (Fsp3) is 0.765. The van der Waals surface area contributed by atoms with Crippen molar-refractivity contribution in [2.75, 3.05) is 33.3 Å². The van der Waals surface area contributed by atoms with Gasteiger partial charge in [-0.25, -0.2) is 0 Å². The predicted molar refractivity (Wildman–Crippen MR) is 84.3 cm³/mol. The first kappa shape index (κ1) is 15.1. The van der Waals surface area contributed by atoms with E-state index in [1.54, 1.807) is 7.11 Å². The molecule has 1 saturated carbocycles. The van der Waals surface area contributed by atoms with Crippen molar-refractivity contribution in [3.63, 3.8) is 0 Å². The Morgan fingerprint density at radius 1 is 1.39 bits per heavy atom. The monoisotopic (exact) mass is 319 g/mol. The number of ether oxygens (including phenoxy) is 1. The molecule has 3 fully saturated rings. The van der Waals surface area contributed by atoms with Crippen LogP contribution in [0.4, 0.5) is 0 Å². The average Bonchev–Trinajstić information content (AvgIpc) is 3.14. The van der Waals surface area contributed by atoms with E-state index in [9.17, 15) is 4.79 Å². The summed E-state index contributed by atoms with van der Waals surface area (Å²) >= 11 is 0. The van der Waals surface area contributed by atoms with Crippen LogP contribution in [0.5, 0.6) is 0 Å². The number of carbonyl (C=O) groups excluding carboxylic acids is 1. The van der Waals surface area contributed by atoms with Gasteiger partial charge in [-0.2, -0.15) is 0 Å². The van der Waals surface area contributed by atoms with Crippen molar-refractivity contribution < 1.29 is 14.1 Å². The molecule has 0 radical (unpaired) electrons. The zero-order valence-corrected chi connectivity index (χ0v) is 13.9. The number of amides is 1. The number of hydrogen-bond acceptors (Lipinski definition) is 5. The van der Waals surface area contributed by atoms with Gasteiger partial charge >= 0.3 is 0 Å². The quantitative estimate of drug-likeness (QED) is 0.846. The number of likely N-dealkylation sites (N-methyl/N-ethyl adjacent to an activating group) is 1. The number of nitrogens with zero attached hydrogens (tertiary/aromatic N) is 3. The SMILES string of the molecule is CCN1C[C@@H]2[C@@H](OC)CCN(C(=O)c3cc(C4CC4)on3)[C@@H]2C1. The van der Waals surface area contributed by atoms with Gasteiger partial charge in [-0.15, -0.1) is 0 Å². The Hall–Kier alpha value is -1.40. The second kappa shape index (κ2) is 5.91. The van der Waals surface area contributed by atoms with Gasteiger partial charge < -0.3 is 19.1 Å². The maximum Gasteiger partial charge on any atom is 0.276 e. The highest BCUT2D eigenvalue weighted by atomic mass is 16.5.